The highest BCUT2D eigenvalue weighted by molar-refractivity contribution is 5.25. The van der Waals surface area contributed by atoms with E-state index < -0.39 is 25.4 Å². The van der Waals surface area contributed by atoms with Crippen molar-refractivity contribution in [3.63, 3.8) is 0 Å². The van der Waals surface area contributed by atoms with E-state index in [1.54, 1.807) is 0 Å². The molecule has 6 N–H and O–H groups in total. The lowest BCUT2D eigenvalue weighted by molar-refractivity contribution is 0.0787. The predicted molar refractivity (Wildman–Crippen MR) is 59.5 cm³/mol. The lowest BCUT2D eigenvalue weighted by Gasteiger charge is -2.12. The van der Waals surface area contributed by atoms with E-state index in [0.717, 1.165) is 0 Å². The van der Waals surface area contributed by atoms with Crippen LogP contribution in [0.15, 0.2) is 0 Å². The molecule has 18 heavy (non-hydrogen) atoms. The topological polar surface area (TPSA) is 152 Å². The molecule has 0 spiro atoms. The maximum absolute atomic E-state index is 9.43. The molecule has 0 aliphatic heterocycles. The number of nitrogens with zero attached hydrogens (tertiary/aromatic N) is 3. The van der Waals surface area contributed by atoms with Crippen LogP contribution in [0, 0.1) is 0 Å². The molecule has 0 aliphatic carbocycles. The van der Waals surface area contributed by atoms with Gasteiger partial charge in [-0.1, -0.05) is 0 Å². The number of aromatic nitrogens is 3. The Kier molecular flexibility index (Phi) is 5.82. The molecule has 0 aromatic carbocycles. The first kappa shape index (κ1) is 14.7. The highest BCUT2D eigenvalue weighted by Crippen LogP contribution is 2.13. The Bertz CT molecular complexity index is 350. The number of anilines is 1. The Balaban J connectivity index is 3.03. The van der Waals surface area contributed by atoms with Gasteiger partial charge in [-0.05, 0) is 0 Å². The molecule has 0 aliphatic rings. The normalized spacial score (nSPS) is 14.3. The van der Waals surface area contributed by atoms with Crippen LogP contribution >= 0.6 is 0 Å². The van der Waals surface area contributed by atoms with Crippen molar-refractivity contribution in [2.75, 3.05) is 31.7 Å². The summed E-state index contributed by atoms with van der Waals surface area (Å²) in [6.45, 7) is -1.15. The molecule has 0 radical (unpaired) electrons. The summed E-state index contributed by atoms with van der Waals surface area (Å²) in [6.07, 6.45) is -2.63. The number of aliphatic hydroxyl groups is 5. The second-order valence-electron chi connectivity index (χ2n) is 3.42. The van der Waals surface area contributed by atoms with Crippen molar-refractivity contribution >= 4 is 5.95 Å². The third kappa shape index (κ3) is 3.82. The standard InChI is InChI=1S/C9H16N4O5/c14-2-1-10-9-12-7(5(17)3-15)11-8(13-9)6(18)4-16/h5-6,14-18H,1-4H2,(H,10,11,12,13). The van der Waals surface area contributed by atoms with Crippen molar-refractivity contribution in [3.05, 3.63) is 11.6 Å². The van der Waals surface area contributed by atoms with Gasteiger partial charge in [-0.15, -0.1) is 0 Å². The molecular formula is C9H16N4O5. The molecule has 0 saturated heterocycles. The van der Waals surface area contributed by atoms with Gasteiger partial charge in [0.2, 0.25) is 5.95 Å². The third-order valence-corrected chi connectivity index (χ3v) is 2.01. The summed E-state index contributed by atoms with van der Waals surface area (Å²) >= 11 is 0. The van der Waals surface area contributed by atoms with Gasteiger partial charge in [0.1, 0.15) is 12.2 Å². The summed E-state index contributed by atoms with van der Waals surface area (Å²) in [4.78, 5) is 11.4. The van der Waals surface area contributed by atoms with Crippen LogP contribution in [0.3, 0.4) is 0 Å². The molecule has 9 nitrogen and oxygen atoms in total. The van der Waals surface area contributed by atoms with Crippen LogP contribution < -0.4 is 5.32 Å². The SMILES string of the molecule is OCCNc1nc(C(O)CO)nc(C(O)CO)n1. The van der Waals surface area contributed by atoms with E-state index in [4.69, 9.17) is 15.3 Å². The molecule has 1 heterocycles. The zero-order chi connectivity index (χ0) is 13.5. The third-order valence-electron chi connectivity index (χ3n) is 2.01. The van der Waals surface area contributed by atoms with Gasteiger partial charge in [-0.25, -0.2) is 4.98 Å². The number of nitrogens with one attached hydrogen (secondary N) is 1. The average Bonchev–Trinajstić information content (AvgIpc) is 2.42. The van der Waals surface area contributed by atoms with Crippen LogP contribution in [-0.4, -0.2) is 66.8 Å². The van der Waals surface area contributed by atoms with Gasteiger partial charge in [0.15, 0.2) is 11.6 Å². The van der Waals surface area contributed by atoms with E-state index >= 15 is 0 Å². The number of hydrogen-bond donors (Lipinski definition) is 6. The Morgan fingerprint density at radius 1 is 0.889 bits per heavy atom. The Morgan fingerprint density at radius 2 is 1.39 bits per heavy atom. The lowest BCUT2D eigenvalue weighted by atomic mass is 10.3. The minimum Gasteiger partial charge on any atom is -0.395 e. The first-order valence-corrected chi connectivity index (χ1v) is 5.30. The van der Waals surface area contributed by atoms with E-state index in [9.17, 15) is 10.2 Å². The van der Waals surface area contributed by atoms with Gasteiger partial charge in [0, 0.05) is 6.54 Å². The van der Waals surface area contributed by atoms with Gasteiger partial charge in [0.25, 0.3) is 0 Å². The van der Waals surface area contributed by atoms with Crippen LogP contribution in [0.1, 0.15) is 23.9 Å². The summed E-state index contributed by atoms with van der Waals surface area (Å²) in [7, 11) is 0. The van der Waals surface area contributed by atoms with Gasteiger partial charge >= 0.3 is 0 Å². The largest absolute Gasteiger partial charge is 0.395 e. The zero-order valence-corrected chi connectivity index (χ0v) is 9.56. The number of aliphatic hydroxyl groups excluding tert-OH is 5. The highest BCUT2D eigenvalue weighted by Gasteiger charge is 2.17. The van der Waals surface area contributed by atoms with E-state index in [1.165, 1.54) is 0 Å². The van der Waals surface area contributed by atoms with E-state index in [2.05, 4.69) is 20.3 Å². The fraction of sp³-hybridized carbons (Fsp3) is 0.667. The summed E-state index contributed by atoms with van der Waals surface area (Å²) in [6, 6.07) is 0. The van der Waals surface area contributed by atoms with Crippen LogP contribution in [-0.2, 0) is 0 Å². The van der Waals surface area contributed by atoms with Crippen molar-refractivity contribution in [2.24, 2.45) is 0 Å². The van der Waals surface area contributed by atoms with Gasteiger partial charge in [-0.3, -0.25) is 0 Å². The molecule has 1 aromatic rings. The summed E-state index contributed by atoms with van der Waals surface area (Å²) in [5.74, 6) is -0.227. The van der Waals surface area contributed by atoms with Crippen LogP contribution in [0.4, 0.5) is 5.95 Å². The lowest BCUT2D eigenvalue weighted by Crippen LogP contribution is -2.18. The molecule has 1 rings (SSSR count). The molecule has 2 atom stereocenters. The molecule has 1 aromatic heterocycles. The molecule has 2 unspecified atom stereocenters. The second kappa shape index (κ2) is 7.13. The smallest absolute Gasteiger partial charge is 0.226 e. The second-order valence-corrected chi connectivity index (χ2v) is 3.42. The zero-order valence-electron chi connectivity index (χ0n) is 9.56. The van der Waals surface area contributed by atoms with Gasteiger partial charge < -0.3 is 30.8 Å². The molecule has 9 heteroatoms. The summed E-state index contributed by atoms with van der Waals surface area (Å²) in [5.41, 5.74) is 0. The van der Waals surface area contributed by atoms with Crippen LogP contribution in [0.5, 0.6) is 0 Å². The van der Waals surface area contributed by atoms with E-state index in [1.807, 2.05) is 0 Å². The van der Waals surface area contributed by atoms with Crippen molar-refractivity contribution in [1.29, 1.82) is 0 Å². The molecule has 0 amide bonds. The number of rotatable bonds is 7. The molecule has 0 bridgehead atoms. The van der Waals surface area contributed by atoms with Crippen LogP contribution in [0.25, 0.3) is 0 Å². The highest BCUT2D eigenvalue weighted by atomic mass is 16.3. The average molecular weight is 260 g/mol. The maximum atomic E-state index is 9.43. The molecule has 0 fully saturated rings. The summed E-state index contributed by atoms with van der Waals surface area (Å²) < 4.78 is 0. The molecular weight excluding hydrogens is 244 g/mol. The summed E-state index contributed by atoms with van der Waals surface area (Å²) in [5, 5.41) is 47.8. The quantitative estimate of drug-likeness (QED) is 0.308. The van der Waals surface area contributed by atoms with Gasteiger partial charge in [0.05, 0.1) is 19.8 Å². The maximum Gasteiger partial charge on any atom is 0.226 e. The van der Waals surface area contributed by atoms with Crippen molar-refractivity contribution in [2.45, 2.75) is 12.2 Å². The predicted octanol–water partition coefficient (Wildman–Crippen LogP) is -2.67. The Hall–Kier alpha value is -1.39. The minimum absolute atomic E-state index is 0.0315. The van der Waals surface area contributed by atoms with Gasteiger partial charge in [-0.2, -0.15) is 9.97 Å². The first-order chi connectivity index (χ1) is 8.62. The van der Waals surface area contributed by atoms with Crippen molar-refractivity contribution in [1.82, 2.24) is 15.0 Å². The van der Waals surface area contributed by atoms with E-state index in [0.29, 0.717) is 0 Å². The fourth-order valence-corrected chi connectivity index (χ4v) is 1.12. The van der Waals surface area contributed by atoms with Crippen LogP contribution in [0.2, 0.25) is 0 Å². The Morgan fingerprint density at radius 3 is 1.78 bits per heavy atom. The van der Waals surface area contributed by atoms with Crippen molar-refractivity contribution in [3.8, 4) is 0 Å². The molecule has 0 saturated carbocycles. The minimum atomic E-state index is -1.31. The van der Waals surface area contributed by atoms with Crippen molar-refractivity contribution < 1.29 is 25.5 Å². The fourth-order valence-electron chi connectivity index (χ4n) is 1.12. The Labute approximate surface area is 103 Å². The van der Waals surface area contributed by atoms with E-state index in [-0.39, 0.29) is 30.7 Å². The number of hydrogen-bond acceptors (Lipinski definition) is 9. The molecule has 102 valence electrons. The monoisotopic (exact) mass is 260 g/mol. The first-order valence-electron chi connectivity index (χ1n) is 5.30.